The number of aromatic nitrogens is 3. The molecular formula is C22H32N4O2S. The van der Waals surface area contributed by atoms with E-state index < -0.39 is 0 Å². The highest BCUT2D eigenvalue weighted by Crippen LogP contribution is 2.46. The third-order valence-electron chi connectivity index (χ3n) is 7.16. The summed E-state index contributed by atoms with van der Waals surface area (Å²) < 4.78 is 13.9. The van der Waals surface area contributed by atoms with Crippen molar-refractivity contribution in [1.82, 2.24) is 19.9 Å². The SMILES string of the molecule is CCc1cc2c(s1)CCO[C@@]21CCN(Cc2cn([C@H]3C[C@@H](OC)C3)nn2)[C@@H](C)C1. The lowest BCUT2D eigenvalue weighted by Crippen LogP contribution is -2.50. The van der Waals surface area contributed by atoms with Gasteiger partial charge in [-0.3, -0.25) is 4.90 Å². The second-order valence-corrected chi connectivity index (χ2v) is 10.2. The Bertz CT molecular complexity index is 859. The smallest absolute Gasteiger partial charge is 0.0969 e. The first-order chi connectivity index (χ1) is 14.1. The fourth-order valence-corrected chi connectivity index (χ4v) is 6.41. The quantitative estimate of drug-likeness (QED) is 0.744. The van der Waals surface area contributed by atoms with Crippen molar-refractivity contribution in [3.05, 3.63) is 33.3 Å². The number of likely N-dealkylation sites (tertiary alicyclic amines) is 1. The second-order valence-electron chi connectivity index (χ2n) is 8.94. The maximum Gasteiger partial charge on any atom is 0.0969 e. The standard InChI is InChI=1S/C22H32N4O2S/c1-4-19-11-20-21(29-19)5-8-28-22(20)6-7-25(15(2)12-22)13-16-14-26(24-23-16)17-9-18(10-17)27-3/h11,14-15,17-18H,4-10,12-13H2,1-3H3/t15-,17-,18+,22+/m0/s1. The molecule has 5 rings (SSSR count). The minimum atomic E-state index is -0.0773. The van der Waals surface area contributed by atoms with Crippen LogP contribution in [-0.4, -0.2) is 52.3 Å². The van der Waals surface area contributed by atoms with Crippen LogP contribution in [0.4, 0.5) is 0 Å². The maximum absolute atomic E-state index is 6.47. The summed E-state index contributed by atoms with van der Waals surface area (Å²) in [5, 5.41) is 8.84. The first-order valence-electron chi connectivity index (χ1n) is 11.0. The van der Waals surface area contributed by atoms with Crippen LogP contribution in [0.25, 0.3) is 0 Å². The van der Waals surface area contributed by atoms with Crippen LogP contribution in [0, 0.1) is 0 Å². The fourth-order valence-electron chi connectivity index (χ4n) is 5.23. The molecule has 4 heterocycles. The lowest BCUT2D eigenvalue weighted by Gasteiger charge is -2.47. The van der Waals surface area contributed by atoms with E-state index in [-0.39, 0.29) is 5.60 Å². The lowest BCUT2D eigenvalue weighted by molar-refractivity contribution is -0.112. The Balaban J connectivity index is 1.25. The number of hydrogen-bond acceptors (Lipinski definition) is 6. The van der Waals surface area contributed by atoms with Crippen LogP contribution < -0.4 is 0 Å². The third kappa shape index (κ3) is 3.56. The first-order valence-corrected chi connectivity index (χ1v) is 11.9. The Hall–Kier alpha value is -1.28. The molecule has 2 aliphatic heterocycles. The number of fused-ring (bicyclic) bond motifs is 2. The summed E-state index contributed by atoms with van der Waals surface area (Å²) in [5.41, 5.74) is 2.48. The first kappa shape index (κ1) is 19.7. The van der Waals surface area contributed by atoms with Gasteiger partial charge in [0.2, 0.25) is 0 Å². The van der Waals surface area contributed by atoms with Crippen molar-refractivity contribution in [2.45, 2.75) is 82.7 Å². The highest BCUT2D eigenvalue weighted by molar-refractivity contribution is 7.12. The Labute approximate surface area is 177 Å². The van der Waals surface area contributed by atoms with E-state index in [2.05, 4.69) is 41.3 Å². The van der Waals surface area contributed by atoms with Crippen molar-refractivity contribution in [2.24, 2.45) is 0 Å². The van der Waals surface area contributed by atoms with E-state index in [1.807, 2.05) is 16.0 Å². The molecule has 1 saturated carbocycles. The van der Waals surface area contributed by atoms with E-state index in [4.69, 9.17) is 9.47 Å². The van der Waals surface area contributed by atoms with Gasteiger partial charge in [0.05, 0.1) is 36.2 Å². The van der Waals surface area contributed by atoms with Gasteiger partial charge in [0.1, 0.15) is 0 Å². The molecule has 1 spiro atoms. The van der Waals surface area contributed by atoms with E-state index in [0.29, 0.717) is 18.2 Å². The Kier molecular flexibility index (Phi) is 5.26. The predicted octanol–water partition coefficient (Wildman–Crippen LogP) is 3.70. The molecule has 2 aromatic rings. The number of nitrogens with zero attached hydrogens (tertiary/aromatic N) is 4. The molecule has 2 fully saturated rings. The minimum absolute atomic E-state index is 0.0773. The highest BCUT2D eigenvalue weighted by Gasteiger charge is 2.44. The second kappa shape index (κ2) is 7.76. The molecule has 158 valence electrons. The van der Waals surface area contributed by atoms with E-state index in [1.54, 1.807) is 12.0 Å². The zero-order chi connectivity index (χ0) is 20.0. The van der Waals surface area contributed by atoms with Gasteiger partial charge in [0.15, 0.2) is 0 Å². The minimum Gasteiger partial charge on any atom is -0.381 e. The van der Waals surface area contributed by atoms with Gasteiger partial charge < -0.3 is 9.47 Å². The highest BCUT2D eigenvalue weighted by atomic mass is 32.1. The molecule has 0 unspecified atom stereocenters. The van der Waals surface area contributed by atoms with Crippen LogP contribution in [0.15, 0.2) is 12.3 Å². The Morgan fingerprint density at radius 2 is 2.24 bits per heavy atom. The Morgan fingerprint density at radius 3 is 3.00 bits per heavy atom. The zero-order valence-electron chi connectivity index (χ0n) is 17.8. The molecule has 1 saturated heterocycles. The average molecular weight is 417 g/mol. The van der Waals surface area contributed by atoms with Gasteiger partial charge in [-0.05, 0) is 50.7 Å². The van der Waals surface area contributed by atoms with Crippen LogP contribution in [0.5, 0.6) is 0 Å². The molecule has 0 aromatic carbocycles. The van der Waals surface area contributed by atoms with Crippen molar-refractivity contribution in [1.29, 1.82) is 0 Å². The number of piperidine rings is 1. The molecule has 29 heavy (non-hydrogen) atoms. The lowest BCUT2D eigenvalue weighted by atomic mass is 9.79. The summed E-state index contributed by atoms with van der Waals surface area (Å²) in [6, 6.07) is 3.34. The van der Waals surface area contributed by atoms with Crippen molar-refractivity contribution >= 4 is 11.3 Å². The molecule has 1 aliphatic carbocycles. The monoisotopic (exact) mass is 416 g/mol. The number of aryl methyl sites for hydroxylation is 1. The van der Waals surface area contributed by atoms with E-state index in [9.17, 15) is 0 Å². The molecule has 6 nitrogen and oxygen atoms in total. The van der Waals surface area contributed by atoms with Gasteiger partial charge in [-0.1, -0.05) is 12.1 Å². The molecule has 2 atom stereocenters. The molecule has 7 heteroatoms. The van der Waals surface area contributed by atoms with Crippen LogP contribution >= 0.6 is 11.3 Å². The summed E-state index contributed by atoms with van der Waals surface area (Å²) in [5.74, 6) is 0. The summed E-state index contributed by atoms with van der Waals surface area (Å²) in [6.45, 7) is 7.36. The van der Waals surface area contributed by atoms with E-state index in [0.717, 1.165) is 63.9 Å². The van der Waals surface area contributed by atoms with Crippen LogP contribution in [0.1, 0.15) is 66.6 Å². The molecule has 0 bridgehead atoms. The molecule has 0 N–H and O–H groups in total. The fraction of sp³-hybridized carbons (Fsp3) is 0.727. The summed E-state index contributed by atoms with van der Waals surface area (Å²) in [4.78, 5) is 5.60. The van der Waals surface area contributed by atoms with Gasteiger partial charge in [-0.25, -0.2) is 4.68 Å². The topological polar surface area (TPSA) is 52.4 Å². The largest absolute Gasteiger partial charge is 0.381 e. The number of rotatable bonds is 5. The molecule has 2 aromatic heterocycles. The van der Waals surface area contributed by atoms with Crippen molar-refractivity contribution in [2.75, 3.05) is 20.3 Å². The van der Waals surface area contributed by atoms with Gasteiger partial charge >= 0.3 is 0 Å². The van der Waals surface area contributed by atoms with Gasteiger partial charge in [0.25, 0.3) is 0 Å². The van der Waals surface area contributed by atoms with Crippen molar-refractivity contribution < 1.29 is 9.47 Å². The van der Waals surface area contributed by atoms with Crippen molar-refractivity contribution in [3.8, 4) is 0 Å². The number of thiophene rings is 1. The molecular weight excluding hydrogens is 384 g/mol. The normalized spacial score (nSPS) is 32.3. The third-order valence-corrected chi connectivity index (χ3v) is 8.50. The van der Waals surface area contributed by atoms with Crippen LogP contribution in [0.3, 0.4) is 0 Å². The summed E-state index contributed by atoms with van der Waals surface area (Å²) in [6.07, 6.45) is 8.93. The molecule has 0 amide bonds. The summed E-state index contributed by atoms with van der Waals surface area (Å²) >= 11 is 2.00. The van der Waals surface area contributed by atoms with Crippen LogP contribution in [-0.2, 0) is 34.5 Å². The number of ether oxygens (including phenoxy) is 2. The predicted molar refractivity (Wildman–Crippen MR) is 113 cm³/mol. The molecule has 3 aliphatic rings. The summed E-state index contributed by atoms with van der Waals surface area (Å²) in [7, 11) is 1.79. The van der Waals surface area contributed by atoms with E-state index >= 15 is 0 Å². The van der Waals surface area contributed by atoms with Gasteiger partial charge in [0, 0.05) is 42.4 Å². The van der Waals surface area contributed by atoms with Crippen molar-refractivity contribution in [3.63, 3.8) is 0 Å². The van der Waals surface area contributed by atoms with Gasteiger partial charge in [-0.2, -0.15) is 0 Å². The Morgan fingerprint density at radius 1 is 1.38 bits per heavy atom. The van der Waals surface area contributed by atoms with E-state index in [1.165, 1.54) is 10.4 Å². The molecule has 0 radical (unpaired) electrons. The average Bonchev–Trinajstić information content (AvgIpc) is 3.31. The zero-order valence-corrected chi connectivity index (χ0v) is 18.6. The van der Waals surface area contributed by atoms with Gasteiger partial charge in [-0.15, -0.1) is 16.4 Å². The number of methoxy groups -OCH3 is 1. The van der Waals surface area contributed by atoms with Crippen LogP contribution in [0.2, 0.25) is 0 Å². The number of hydrogen-bond donors (Lipinski definition) is 0. The maximum atomic E-state index is 6.47.